The van der Waals surface area contributed by atoms with Gasteiger partial charge in [-0.1, -0.05) is 6.07 Å². The molecule has 0 aromatic heterocycles. The van der Waals surface area contributed by atoms with Crippen molar-refractivity contribution in [1.82, 2.24) is 0 Å². The molecule has 2 rings (SSSR count). The fourth-order valence-electron chi connectivity index (χ4n) is 1.45. The van der Waals surface area contributed by atoms with E-state index in [1.807, 2.05) is 6.07 Å². The summed E-state index contributed by atoms with van der Waals surface area (Å²) in [4.78, 5) is 11.6. The minimum Gasteiger partial charge on any atom is -0.423 e. The summed E-state index contributed by atoms with van der Waals surface area (Å²) in [6.07, 6.45) is 0. The van der Waals surface area contributed by atoms with Gasteiger partial charge in [0.25, 0.3) is 0 Å². The molecular weight excluding hydrogens is 252 g/mol. The number of benzene rings is 2. The van der Waals surface area contributed by atoms with Gasteiger partial charge in [-0.05, 0) is 36.4 Å². The number of esters is 1. The molecule has 0 aliphatic heterocycles. The molecule has 19 heavy (non-hydrogen) atoms. The average molecular weight is 259 g/mol. The van der Waals surface area contributed by atoms with Crippen molar-refractivity contribution in [2.45, 2.75) is 0 Å². The molecule has 2 aromatic carbocycles. The maximum Gasteiger partial charge on any atom is 0.349 e. The van der Waals surface area contributed by atoms with Crippen LogP contribution in [0.2, 0.25) is 0 Å². The zero-order valence-electron chi connectivity index (χ0n) is 9.56. The Balaban J connectivity index is 2.23. The van der Waals surface area contributed by atoms with Crippen LogP contribution in [-0.2, 0) is 0 Å². The van der Waals surface area contributed by atoms with Gasteiger partial charge < -0.3 is 4.74 Å². The molecule has 0 bridgehead atoms. The molecule has 5 heteroatoms. The van der Waals surface area contributed by atoms with Gasteiger partial charge in [0.15, 0.2) is 0 Å². The minimum absolute atomic E-state index is 0.103. The van der Waals surface area contributed by atoms with Crippen LogP contribution in [0.15, 0.2) is 42.5 Å². The lowest BCUT2D eigenvalue weighted by Crippen LogP contribution is -2.13. The highest BCUT2D eigenvalue weighted by Gasteiger charge is 2.19. The van der Waals surface area contributed by atoms with Gasteiger partial charge in [-0.25, -0.2) is 13.6 Å². The number of rotatable bonds is 2. The third kappa shape index (κ3) is 2.75. The first-order valence-corrected chi connectivity index (χ1v) is 5.28. The molecule has 0 amide bonds. The number of nitriles is 1. The Labute approximate surface area is 107 Å². The highest BCUT2D eigenvalue weighted by molar-refractivity contribution is 5.91. The summed E-state index contributed by atoms with van der Waals surface area (Å²) in [6, 6.07) is 10.6. The fourth-order valence-corrected chi connectivity index (χ4v) is 1.45. The van der Waals surface area contributed by atoms with Gasteiger partial charge in [0.2, 0.25) is 0 Å². The summed E-state index contributed by atoms with van der Waals surface area (Å²) in [5, 5.41) is 8.60. The Morgan fingerprint density at radius 1 is 1.05 bits per heavy atom. The Hall–Kier alpha value is -2.74. The average Bonchev–Trinajstić information content (AvgIpc) is 2.39. The molecule has 0 saturated heterocycles. The fraction of sp³-hybridized carbons (Fsp3) is 0. The SMILES string of the molecule is N#Cc1ccc(OC(=O)c2c(F)cccc2F)cc1. The number of hydrogen-bond donors (Lipinski definition) is 0. The summed E-state index contributed by atoms with van der Waals surface area (Å²) in [5.74, 6) is -3.00. The molecule has 0 aliphatic carbocycles. The van der Waals surface area contributed by atoms with Gasteiger partial charge in [-0.3, -0.25) is 0 Å². The molecule has 0 radical (unpaired) electrons. The molecule has 0 aliphatic rings. The molecule has 0 heterocycles. The maximum absolute atomic E-state index is 13.3. The molecule has 0 N–H and O–H groups in total. The van der Waals surface area contributed by atoms with E-state index in [9.17, 15) is 13.6 Å². The van der Waals surface area contributed by atoms with Crippen molar-refractivity contribution in [2.75, 3.05) is 0 Å². The second-order valence-corrected chi connectivity index (χ2v) is 3.62. The van der Waals surface area contributed by atoms with Crippen molar-refractivity contribution in [3.05, 3.63) is 65.2 Å². The normalized spacial score (nSPS) is 9.74. The molecule has 2 aromatic rings. The second-order valence-electron chi connectivity index (χ2n) is 3.62. The van der Waals surface area contributed by atoms with Gasteiger partial charge >= 0.3 is 5.97 Å². The Kier molecular flexibility index (Phi) is 3.53. The Bertz CT molecular complexity index is 640. The second kappa shape index (κ2) is 5.27. The predicted octanol–water partition coefficient (Wildman–Crippen LogP) is 3.06. The van der Waals surface area contributed by atoms with Crippen LogP contribution >= 0.6 is 0 Å². The molecule has 0 spiro atoms. The topological polar surface area (TPSA) is 50.1 Å². The molecule has 0 fully saturated rings. The lowest BCUT2D eigenvalue weighted by atomic mass is 10.2. The van der Waals surface area contributed by atoms with Gasteiger partial charge in [-0.2, -0.15) is 5.26 Å². The van der Waals surface area contributed by atoms with Crippen LogP contribution in [0.1, 0.15) is 15.9 Å². The predicted molar refractivity (Wildman–Crippen MR) is 62.5 cm³/mol. The standard InChI is InChI=1S/C14H7F2NO2/c15-11-2-1-3-12(16)13(11)14(18)19-10-6-4-9(8-17)5-7-10/h1-7H. The highest BCUT2D eigenvalue weighted by Crippen LogP contribution is 2.17. The first-order valence-electron chi connectivity index (χ1n) is 5.28. The number of carbonyl (C=O) groups is 1. The van der Waals surface area contributed by atoms with Gasteiger partial charge in [0, 0.05) is 0 Å². The number of halogens is 2. The van der Waals surface area contributed by atoms with Crippen LogP contribution in [0.25, 0.3) is 0 Å². The van der Waals surface area contributed by atoms with Crippen LogP contribution in [0.3, 0.4) is 0 Å². The van der Waals surface area contributed by atoms with Crippen LogP contribution in [0, 0.1) is 23.0 Å². The van der Waals surface area contributed by atoms with Gasteiger partial charge in [-0.15, -0.1) is 0 Å². The number of carbonyl (C=O) groups excluding carboxylic acids is 1. The van der Waals surface area contributed by atoms with E-state index in [1.165, 1.54) is 24.3 Å². The summed E-state index contributed by atoms with van der Waals surface area (Å²) < 4.78 is 31.5. The Morgan fingerprint density at radius 2 is 1.63 bits per heavy atom. The summed E-state index contributed by atoms with van der Waals surface area (Å²) in [5.41, 5.74) is -0.358. The third-order valence-electron chi connectivity index (χ3n) is 2.36. The van der Waals surface area contributed by atoms with Crippen LogP contribution in [0.5, 0.6) is 5.75 Å². The van der Waals surface area contributed by atoms with Crippen LogP contribution < -0.4 is 4.74 Å². The first-order chi connectivity index (χ1) is 9.11. The van der Waals surface area contributed by atoms with Crippen LogP contribution in [-0.4, -0.2) is 5.97 Å². The molecule has 0 atom stereocenters. The lowest BCUT2D eigenvalue weighted by molar-refractivity contribution is 0.0724. The van der Waals surface area contributed by atoms with Crippen LogP contribution in [0.4, 0.5) is 8.78 Å². The lowest BCUT2D eigenvalue weighted by Gasteiger charge is -2.05. The van der Waals surface area contributed by atoms with Crippen molar-refractivity contribution >= 4 is 5.97 Å². The molecule has 3 nitrogen and oxygen atoms in total. The van der Waals surface area contributed by atoms with Crippen molar-refractivity contribution in [1.29, 1.82) is 5.26 Å². The van der Waals surface area contributed by atoms with Crippen molar-refractivity contribution in [2.24, 2.45) is 0 Å². The molecule has 0 saturated carbocycles. The van der Waals surface area contributed by atoms with Crippen molar-refractivity contribution in [3.63, 3.8) is 0 Å². The molecule has 94 valence electrons. The van der Waals surface area contributed by atoms with E-state index in [1.54, 1.807) is 0 Å². The number of ether oxygens (including phenoxy) is 1. The van der Waals surface area contributed by atoms with Gasteiger partial charge in [0.1, 0.15) is 22.9 Å². The number of nitrogens with zero attached hydrogens (tertiary/aromatic N) is 1. The van der Waals surface area contributed by atoms with Gasteiger partial charge in [0.05, 0.1) is 11.6 Å². The van der Waals surface area contributed by atoms with E-state index in [4.69, 9.17) is 10.00 Å². The zero-order valence-corrected chi connectivity index (χ0v) is 9.56. The smallest absolute Gasteiger partial charge is 0.349 e. The minimum atomic E-state index is -1.12. The summed E-state index contributed by atoms with van der Waals surface area (Å²) in [6.45, 7) is 0. The van der Waals surface area contributed by atoms with E-state index >= 15 is 0 Å². The van der Waals surface area contributed by atoms with Crippen molar-refractivity contribution in [3.8, 4) is 11.8 Å². The van der Waals surface area contributed by atoms with E-state index in [-0.39, 0.29) is 5.75 Å². The third-order valence-corrected chi connectivity index (χ3v) is 2.36. The first kappa shape index (κ1) is 12.7. The molecule has 0 unspecified atom stereocenters. The van der Waals surface area contributed by atoms with E-state index in [0.29, 0.717) is 5.56 Å². The zero-order chi connectivity index (χ0) is 13.8. The highest BCUT2D eigenvalue weighted by atomic mass is 19.1. The van der Waals surface area contributed by atoms with E-state index in [0.717, 1.165) is 18.2 Å². The number of hydrogen-bond acceptors (Lipinski definition) is 3. The summed E-state index contributed by atoms with van der Waals surface area (Å²) >= 11 is 0. The van der Waals surface area contributed by atoms with Crippen molar-refractivity contribution < 1.29 is 18.3 Å². The van der Waals surface area contributed by atoms with E-state index in [2.05, 4.69) is 0 Å². The largest absolute Gasteiger partial charge is 0.423 e. The summed E-state index contributed by atoms with van der Waals surface area (Å²) in [7, 11) is 0. The Morgan fingerprint density at radius 3 is 2.16 bits per heavy atom. The quantitative estimate of drug-likeness (QED) is 0.615. The molecular formula is C14H7F2NO2. The maximum atomic E-state index is 13.3. The monoisotopic (exact) mass is 259 g/mol. The van der Waals surface area contributed by atoms with E-state index < -0.39 is 23.2 Å².